The monoisotopic (exact) mass is 483 g/mol. The summed E-state index contributed by atoms with van der Waals surface area (Å²) in [5.41, 5.74) is 4.40. The van der Waals surface area contributed by atoms with E-state index in [-0.39, 0.29) is 38.6 Å². The van der Waals surface area contributed by atoms with E-state index < -0.39 is 30.0 Å². The van der Waals surface area contributed by atoms with E-state index in [0.29, 0.717) is 6.61 Å². The van der Waals surface area contributed by atoms with Crippen molar-refractivity contribution in [3.05, 3.63) is 59.7 Å². The number of rotatable bonds is 12. The van der Waals surface area contributed by atoms with Gasteiger partial charge in [-0.15, -0.1) is 0 Å². The molecular formula is C25H29N3O7. The number of alkyl carbamates (subject to hydrolysis) is 1. The number of amides is 3. The highest BCUT2D eigenvalue weighted by molar-refractivity contribution is 5.87. The third-order valence-electron chi connectivity index (χ3n) is 5.51. The maximum absolute atomic E-state index is 12.1. The second kappa shape index (κ2) is 12.5. The molecule has 1 aliphatic rings. The summed E-state index contributed by atoms with van der Waals surface area (Å²) in [6, 6.07) is 15.9. The first-order chi connectivity index (χ1) is 16.9. The summed E-state index contributed by atoms with van der Waals surface area (Å²) in [5, 5.41) is 16.1. The molecule has 3 rings (SSSR count). The highest BCUT2D eigenvalue weighted by Gasteiger charge is 2.29. The summed E-state index contributed by atoms with van der Waals surface area (Å²) in [4.78, 5) is 46.8. The molecule has 2 aromatic rings. The lowest BCUT2D eigenvalue weighted by atomic mass is 9.98. The van der Waals surface area contributed by atoms with Gasteiger partial charge in [-0.25, -0.2) is 4.79 Å². The van der Waals surface area contributed by atoms with Crippen LogP contribution in [0.15, 0.2) is 48.5 Å². The van der Waals surface area contributed by atoms with Crippen LogP contribution in [0.5, 0.6) is 0 Å². The van der Waals surface area contributed by atoms with Crippen LogP contribution < -0.4 is 16.0 Å². The van der Waals surface area contributed by atoms with Gasteiger partial charge in [-0.1, -0.05) is 48.5 Å². The Morgan fingerprint density at radius 3 is 2.06 bits per heavy atom. The zero-order valence-electron chi connectivity index (χ0n) is 19.4. The van der Waals surface area contributed by atoms with Crippen molar-refractivity contribution in [2.75, 3.05) is 32.8 Å². The average molecular weight is 484 g/mol. The van der Waals surface area contributed by atoms with Crippen molar-refractivity contribution in [3.8, 4) is 11.1 Å². The fourth-order valence-corrected chi connectivity index (χ4v) is 3.95. The molecule has 0 bridgehead atoms. The minimum atomic E-state index is -1.04. The van der Waals surface area contributed by atoms with E-state index in [2.05, 4.69) is 16.0 Å². The van der Waals surface area contributed by atoms with Crippen LogP contribution in [0.2, 0.25) is 0 Å². The van der Waals surface area contributed by atoms with E-state index in [9.17, 15) is 19.2 Å². The number of carboxylic acid groups (broad SMARTS) is 1. The van der Waals surface area contributed by atoms with Gasteiger partial charge in [0.2, 0.25) is 11.8 Å². The Balaban J connectivity index is 1.38. The number of benzene rings is 2. The first-order valence-electron chi connectivity index (χ1n) is 11.3. The van der Waals surface area contributed by atoms with Crippen LogP contribution in [0.3, 0.4) is 0 Å². The number of carbonyl (C=O) groups is 4. The van der Waals surface area contributed by atoms with Crippen LogP contribution in [0.25, 0.3) is 11.1 Å². The van der Waals surface area contributed by atoms with Gasteiger partial charge in [-0.2, -0.15) is 0 Å². The fraction of sp³-hybridized carbons (Fsp3) is 0.360. The van der Waals surface area contributed by atoms with Gasteiger partial charge >= 0.3 is 12.1 Å². The van der Waals surface area contributed by atoms with Crippen molar-refractivity contribution in [1.82, 2.24) is 16.0 Å². The highest BCUT2D eigenvalue weighted by atomic mass is 16.5. The second-order valence-corrected chi connectivity index (χ2v) is 7.94. The van der Waals surface area contributed by atoms with Crippen molar-refractivity contribution in [1.29, 1.82) is 0 Å². The summed E-state index contributed by atoms with van der Waals surface area (Å²) >= 11 is 0. The molecule has 1 unspecified atom stereocenters. The zero-order chi connectivity index (χ0) is 25.2. The molecule has 0 radical (unpaired) electrons. The molecule has 0 spiro atoms. The molecule has 0 saturated carbocycles. The predicted octanol–water partition coefficient (Wildman–Crippen LogP) is 1.64. The lowest BCUT2D eigenvalue weighted by molar-refractivity contribution is -0.140. The highest BCUT2D eigenvalue weighted by Crippen LogP contribution is 2.44. The summed E-state index contributed by atoms with van der Waals surface area (Å²) < 4.78 is 10.6. The van der Waals surface area contributed by atoms with E-state index in [0.717, 1.165) is 22.3 Å². The van der Waals surface area contributed by atoms with Crippen molar-refractivity contribution in [2.45, 2.75) is 25.4 Å². The van der Waals surface area contributed by atoms with Crippen LogP contribution >= 0.6 is 0 Å². The third kappa shape index (κ3) is 7.28. The normalized spacial score (nSPS) is 12.7. The fourth-order valence-electron chi connectivity index (χ4n) is 3.95. The molecule has 0 aromatic heterocycles. The predicted molar refractivity (Wildman–Crippen MR) is 127 cm³/mol. The van der Waals surface area contributed by atoms with Gasteiger partial charge in [-0.3, -0.25) is 14.4 Å². The summed E-state index contributed by atoms with van der Waals surface area (Å²) in [7, 11) is 0. The molecule has 186 valence electrons. The first kappa shape index (κ1) is 25.7. The number of hydrogen-bond donors (Lipinski definition) is 4. The van der Waals surface area contributed by atoms with E-state index in [1.165, 1.54) is 0 Å². The average Bonchev–Trinajstić information content (AvgIpc) is 3.17. The van der Waals surface area contributed by atoms with Gasteiger partial charge in [0.05, 0.1) is 19.1 Å². The smallest absolute Gasteiger partial charge is 0.407 e. The molecule has 0 fully saturated rings. The quantitative estimate of drug-likeness (QED) is 0.359. The van der Waals surface area contributed by atoms with Crippen molar-refractivity contribution >= 4 is 23.9 Å². The second-order valence-electron chi connectivity index (χ2n) is 7.94. The number of nitrogens with one attached hydrogen (secondary N) is 3. The minimum absolute atomic E-state index is 0.00679. The molecule has 35 heavy (non-hydrogen) atoms. The maximum Gasteiger partial charge on any atom is 0.407 e. The Kier molecular flexibility index (Phi) is 9.19. The molecule has 10 heteroatoms. The van der Waals surface area contributed by atoms with Crippen LogP contribution in [0, 0.1) is 0 Å². The summed E-state index contributed by atoms with van der Waals surface area (Å²) in [5.74, 6) is -2.20. The molecule has 1 atom stereocenters. The number of hydrogen-bond acceptors (Lipinski definition) is 6. The first-order valence-corrected chi connectivity index (χ1v) is 11.3. The summed E-state index contributed by atoms with van der Waals surface area (Å²) in [6.45, 7) is 1.49. The van der Waals surface area contributed by atoms with Crippen LogP contribution in [0.4, 0.5) is 4.79 Å². The molecule has 2 aromatic carbocycles. The van der Waals surface area contributed by atoms with Gasteiger partial charge < -0.3 is 30.5 Å². The largest absolute Gasteiger partial charge is 0.481 e. The van der Waals surface area contributed by atoms with Crippen molar-refractivity contribution in [3.63, 3.8) is 0 Å². The molecule has 1 aliphatic carbocycles. The Morgan fingerprint density at radius 1 is 0.886 bits per heavy atom. The molecule has 0 heterocycles. The lowest BCUT2D eigenvalue weighted by Crippen LogP contribution is -2.44. The molecule has 0 saturated heterocycles. The van der Waals surface area contributed by atoms with Gasteiger partial charge in [-0.05, 0) is 29.2 Å². The van der Waals surface area contributed by atoms with Crippen molar-refractivity contribution < 1.29 is 33.8 Å². The molecule has 0 aliphatic heterocycles. The minimum Gasteiger partial charge on any atom is -0.481 e. The Bertz CT molecular complexity index is 1030. The van der Waals surface area contributed by atoms with Gasteiger partial charge in [0.25, 0.3) is 0 Å². The topological polar surface area (TPSA) is 143 Å². The Hall–Kier alpha value is -3.92. The number of aliphatic carboxylic acids is 1. The number of ether oxygens (including phenoxy) is 2. The lowest BCUT2D eigenvalue weighted by Gasteiger charge is -2.16. The van der Waals surface area contributed by atoms with Crippen molar-refractivity contribution in [2.24, 2.45) is 0 Å². The van der Waals surface area contributed by atoms with Crippen LogP contribution in [0.1, 0.15) is 30.4 Å². The third-order valence-corrected chi connectivity index (χ3v) is 5.51. The SMILES string of the molecule is CCOC(CNC(=O)CNC(=O)CNC(=O)OCC1c2ccccc2-c2ccccc21)CC(=O)O. The standard InChI is InChI=1S/C25H29N3O7/c1-2-34-16(11-24(31)32)12-26-22(29)13-27-23(30)14-28-25(33)35-15-21-19-9-5-3-7-17(19)18-8-4-6-10-20(18)21/h3-10,16,21H,2,11-15H2,1H3,(H,26,29)(H,27,30)(H,28,33)(H,31,32). The van der Waals surface area contributed by atoms with E-state index in [4.69, 9.17) is 14.6 Å². The van der Waals surface area contributed by atoms with E-state index in [1.54, 1.807) is 6.92 Å². The van der Waals surface area contributed by atoms with Gasteiger partial charge in [0, 0.05) is 19.1 Å². The number of carbonyl (C=O) groups excluding carboxylic acids is 3. The Labute approximate surface area is 203 Å². The summed E-state index contributed by atoms with van der Waals surface area (Å²) in [6.07, 6.45) is -1.64. The maximum atomic E-state index is 12.1. The van der Waals surface area contributed by atoms with E-state index >= 15 is 0 Å². The zero-order valence-corrected chi connectivity index (χ0v) is 19.4. The van der Waals surface area contributed by atoms with E-state index in [1.807, 2.05) is 48.5 Å². The molecule has 3 amide bonds. The number of carboxylic acids is 1. The van der Waals surface area contributed by atoms with Crippen LogP contribution in [-0.4, -0.2) is 67.9 Å². The van der Waals surface area contributed by atoms with Gasteiger partial charge in [0.15, 0.2) is 0 Å². The van der Waals surface area contributed by atoms with Crippen LogP contribution in [-0.2, 0) is 23.9 Å². The molecule has 4 N–H and O–H groups in total. The molecular weight excluding hydrogens is 454 g/mol. The Morgan fingerprint density at radius 2 is 1.46 bits per heavy atom. The van der Waals surface area contributed by atoms with Gasteiger partial charge in [0.1, 0.15) is 13.2 Å². The number of fused-ring (bicyclic) bond motifs is 3. The molecule has 10 nitrogen and oxygen atoms in total.